The van der Waals surface area contributed by atoms with E-state index in [1.807, 2.05) is 0 Å². The Labute approximate surface area is 167 Å². The fraction of sp³-hybridized carbons (Fsp3) is 1.00. The van der Waals surface area contributed by atoms with Gasteiger partial charge in [0.1, 0.15) is 0 Å². The Kier molecular flexibility index (Phi) is 6.79. The number of diazo groups is 1. The summed E-state index contributed by atoms with van der Waals surface area (Å²) in [6.07, 6.45) is -15.7. The molecule has 0 N–H and O–H groups in total. The minimum atomic E-state index is -7.80. The molecular formula is C14H11F16N2+. The van der Waals surface area contributed by atoms with Gasteiger partial charge in [0, 0.05) is 6.42 Å². The van der Waals surface area contributed by atoms with E-state index in [9.17, 15) is 70.2 Å². The predicted octanol–water partition coefficient (Wildman–Crippen LogP) is 7.25. The lowest BCUT2D eigenvalue weighted by Crippen LogP contribution is -2.88. The molecular weight excluding hydrogens is 500 g/mol. The van der Waals surface area contributed by atoms with Gasteiger partial charge in [-0.2, -0.15) is 57.1 Å². The lowest BCUT2D eigenvalue weighted by atomic mass is 9.66. The normalized spacial score (nSPS) is 32.2. The first kappa shape index (κ1) is 28.3. The van der Waals surface area contributed by atoms with E-state index in [-0.39, 0.29) is 0 Å². The summed E-state index contributed by atoms with van der Waals surface area (Å²) in [5.74, 6) is -44.9. The quantitative estimate of drug-likeness (QED) is 0.153. The van der Waals surface area contributed by atoms with Crippen LogP contribution in [0.2, 0.25) is 0 Å². The van der Waals surface area contributed by atoms with Crippen molar-refractivity contribution in [2.45, 2.75) is 85.5 Å². The van der Waals surface area contributed by atoms with Crippen LogP contribution in [0.1, 0.15) is 32.1 Å². The summed E-state index contributed by atoms with van der Waals surface area (Å²) in [5.41, 5.74) is -7.58. The molecule has 1 fully saturated rings. The zero-order chi connectivity index (χ0) is 25.8. The molecule has 3 unspecified atom stereocenters. The first-order chi connectivity index (χ1) is 13.9. The van der Waals surface area contributed by atoms with Crippen molar-refractivity contribution >= 4 is 0 Å². The van der Waals surface area contributed by atoms with Crippen molar-refractivity contribution < 1.29 is 70.2 Å². The lowest BCUT2D eigenvalue weighted by Gasteiger charge is -2.50. The van der Waals surface area contributed by atoms with Crippen molar-refractivity contribution in [1.82, 2.24) is 0 Å². The molecule has 1 rings (SSSR count). The van der Waals surface area contributed by atoms with Crippen LogP contribution in [0, 0.1) is 5.39 Å². The van der Waals surface area contributed by atoms with E-state index in [0.29, 0.717) is 4.98 Å². The first-order valence-electron chi connectivity index (χ1n) is 8.28. The molecule has 0 amide bonds. The average molecular weight is 511 g/mol. The zero-order valence-electron chi connectivity index (χ0n) is 15.1. The monoisotopic (exact) mass is 511 g/mol. The Morgan fingerprint density at radius 1 is 0.656 bits per heavy atom. The molecule has 18 heteroatoms. The molecule has 0 spiro atoms. The maximum atomic E-state index is 14.7. The van der Waals surface area contributed by atoms with Gasteiger partial charge in [-0.15, -0.1) is 4.39 Å². The largest absolute Gasteiger partial charge is 0.575 e. The molecule has 188 valence electrons. The number of alkyl halides is 16. The summed E-state index contributed by atoms with van der Waals surface area (Å²) in [6.45, 7) is 0. The standard InChI is InChI=1S/C14H11F16N2/c15-6(4-2-1-3-5-7(16,17)18)8(19,20)9(21)10(22,23)11(24,25)12(26,27)13(28,29)14(9,30)32-31/h6H,1-5H2/q+1. The highest BCUT2D eigenvalue weighted by Gasteiger charge is 3.11. The van der Waals surface area contributed by atoms with Crippen LogP contribution in [-0.2, 0) is 0 Å². The number of nitrogens with zero attached hydrogens (tertiary/aromatic N) is 2. The van der Waals surface area contributed by atoms with E-state index in [1.165, 1.54) is 0 Å². The third-order valence-corrected chi connectivity index (χ3v) is 4.90. The molecule has 0 saturated heterocycles. The van der Waals surface area contributed by atoms with Crippen LogP contribution in [0.25, 0.3) is 4.98 Å². The van der Waals surface area contributed by atoms with Gasteiger partial charge in [-0.05, 0) is 12.8 Å². The molecule has 1 aliphatic carbocycles. The molecule has 0 aromatic rings. The van der Waals surface area contributed by atoms with Gasteiger partial charge < -0.3 is 0 Å². The van der Waals surface area contributed by atoms with Gasteiger partial charge in [-0.3, -0.25) is 0 Å². The number of hydrogen-bond acceptors (Lipinski definition) is 1. The maximum Gasteiger partial charge on any atom is 0.575 e. The average Bonchev–Trinajstić information content (AvgIpc) is 2.63. The number of unbranched alkanes of at least 4 members (excludes halogenated alkanes) is 2. The van der Waals surface area contributed by atoms with Gasteiger partial charge in [0.2, 0.25) is 5.39 Å². The maximum absolute atomic E-state index is 14.7. The van der Waals surface area contributed by atoms with Crippen molar-refractivity contribution in [2.75, 3.05) is 0 Å². The third-order valence-electron chi connectivity index (χ3n) is 4.90. The molecule has 0 bridgehead atoms. The summed E-state index contributed by atoms with van der Waals surface area (Å²) in [6, 6.07) is 0. The van der Waals surface area contributed by atoms with E-state index >= 15 is 0 Å². The summed E-state index contributed by atoms with van der Waals surface area (Å²) >= 11 is 0. The van der Waals surface area contributed by atoms with E-state index in [1.54, 1.807) is 0 Å². The summed E-state index contributed by atoms with van der Waals surface area (Å²) in [4.78, 5) is 0.471. The highest BCUT2D eigenvalue weighted by atomic mass is 19.4. The fourth-order valence-corrected chi connectivity index (χ4v) is 3.03. The van der Waals surface area contributed by atoms with Gasteiger partial charge >= 0.3 is 47.3 Å². The van der Waals surface area contributed by atoms with Gasteiger partial charge in [-0.1, -0.05) is 12.8 Å². The van der Waals surface area contributed by atoms with Gasteiger partial charge in [0.05, 0.1) is 0 Å². The molecule has 3 atom stereocenters. The molecule has 0 aromatic carbocycles. The Morgan fingerprint density at radius 2 is 1.09 bits per heavy atom. The molecule has 32 heavy (non-hydrogen) atoms. The van der Waals surface area contributed by atoms with Crippen molar-refractivity contribution in [3.8, 4) is 0 Å². The summed E-state index contributed by atoms with van der Waals surface area (Å²) < 4.78 is 215. The smallest absolute Gasteiger partial charge is 0.241 e. The Balaban J connectivity index is 3.46. The molecule has 1 saturated carbocycles. The van der Waals surface area contributed by atoms with Crippen LogP contribution in [0.15, 0.2) is 0 Å². The fourth-order valence-electron chi connectivity index (χ4n) is 3.03. The Morgan fingerprint density at radius 3 is 1.50 bits per heavy atom. The summed E-state index contributed by atoms with van der Waals surface area (Å²) in [7, 11) is 0. The van der Waals surface area contributed by atoms with Gasteiger partial charge in [0.15, 0.2) is 11.1 Å². The number of halogens is 16. The second kappa shape index (κ2) is 7.67. The zero-order valence-corrected chi connectivity index (χ0v) is 15.1. The summed E-state index contributed by atoms with van der Waals surface area (Å²) in [5, 5.41) is 8.18. The SMILES string of the molecule is N#[N+]C1(F)C(F)(F)C(F)(F)C(F)(F)C(F)(F)C1(F)C(F)(F)C(F)CCCCCC(F)(F)F. The van der Waals surface area contributed by atoms with Crippen molar-refractivity contribution in [3.05, 3.63) is 4.98 Å². The third kappa shape index (κ3) is 3.35. The van der Waals surface area contributed by atoms with Crippen molar-refractivity contribution in [3.63, 3.8) is 0 Å². The van der Waals surface area contributed by atoms with E-state index in [2.05, 4.69) is 0 Å². The molecule has 0 heterocycles. The van der Waals surface area contributed by atoms with Crippen LogP contribution in [-0.4, -0.2) is 53.4 Å². The minimum absolute atomic E-state index is 0.471. The van der Waals surface area contributed by atoms with Gasteiger partial charge in [0.25, 0.3) is 0 Å². The van der Waals surface area contributed by atoms with Crippen molar-refractivity contribution in [1.29, 1.82) is 5.39 Å². The highest BCUT2D eigenvalue weighted by Crippen LogP contribution is 2.72. The van der Waals surface area contributed by atoms with Crippen LogP contribution in [0.4, 0.5) is 70.2 Å². The van der Waals surface area contributed by atoms with Crippen LogP contribution >= 0.6 is 0 Å². The molecule has 2 nitrogen and oxygen atoms in total. The molecule has 0 radical (unpaired) electrons. The van der Waals surface area contributed by atoms with Crippen LogP contribution in [0.5, 0.6) is 0 Å². The second-order valence-electron chi connectivity index (χ2n) is 6.98. The molecule has 0 aromatic heterocycles. The lowest BCUT2D eigenvalue weighted by molar-refractivity contribution is -0.481. The number of hydrogen-bond donors (Lipinski definition) is 0. The molecule has 1 aliphatic rings. The van der Waals surface area contributed by atoms with Crippen molar-refractivity contribution in [2.24, 2.45) is 0 Å². The Hall–Kier alpha value is -1.70. The topological polar surface area (TPSA) is 28.1 Å². The first-order valence-corrected chi connectivity index (χ1v) is 8.28. The minimum Gasteiger partial charge on any atom is -0.241 e. The van der Waals surface area contributed by atoms with E-state index in [0.717, 1.165) is 0 Å². The number of rotatable bonds is 7. The predicted molar refractivity (Wildman–Crippen MR) is 71.5 cm³/mol. The van der Waals surface area contributed by atoms with Crippen LogP contribution < -0.4 is 0 Å². The Bertz CT molecular complexity index is 740. The van der Waals surface area contributed by atoms with Crippen LogP contribution in [0.3, 0.4) is 0 Å². The van der Waals surface area contributed by atoms with E-state index < -0.39 is 85.5 Å². The van der Waals surface area contributed by atoms with E-state index in [4.69, 9.17) is 5.39 Å². The highest BCUT2D eigenvalue weighted by molar-refractivity contribution is 5.35. The second-order valence-corrected chi connectivity index (χ2v) is 6.98. The molecule has 0 aliphatic heterocycles. The van der Waals surface area contributed by atoms with Gasteiger partial charge in [-0.25, -0.2) is 8.78 Å².